The summed E-state index contributed by atoms with van der Waals surface area (Å²) in [6.45, 7) is 4.01. The largest absolute Gasteiger partial charge is 0.485 e. The predicted octanol–water partition coefficient (Wildman–Crippen LogP) is 2.07. The fourth-order valence-electron chi connectivity index (χ4n) is 3.72. The van der Waals surface area contributed by atoms with Gasteiger partial charge in [0.05, 0.1) is 11.7 Å². The van der Waals surface area contributed by atoms with Crippen molar-refractivity contribution in [2.24, 2.45) is 18.9 Å². The molecule has 2 aliphatic rings. The van der Waals surface area contributed by atoms with E-state index in [1.54, 1.807) is 10.7 Å². The molecule has 1 saturated heterocycles. The second kappa shape index (κ2) is 6.63. The molecule has 0 radical (unpaired) electrons. The van der Waals surface area contributed by atoms with Crippen molar-refractivity contribution in [1.29, 1.82) is 0 Å². The normalized spacial score (nSPS) is 21.9. The summed E-state index contributed by atoms with van der Waals surface area (Å²) in [5.74, 6) is 2.05. The van der Waals surface area contributed by atoms with Crippen molar-refractivity contribution >= 4 is 17.2 Å². The molecule has 2 fully saturated rings. The minimum atomic E-state index is 0.0604. The Morgan fingerprint density at radius 1 is 1.32 bits per heavy atom. The van der Waals surface area contributed by atoms with Gasteiger partial charge in [-0.1, -0.05) is 6.92 Å². The highest BCUT2D eigenvalue weighted by Gasteiger charge is 2.30. The van der Waals surface area contributed by atoms with Crippen LogP contribution in [0.25, 0.3) is 16.8 Å². The number of nitrogens with one attached hydrogen (secondary N) is 2. The van der Waals surface area contributed by atoms with Crippen LogP contribution >= 0.6 is 0 Å². The van der Waals surface area contributed by atoms with Gasteiger partial charge in [-0.3, -0.25) is 9.48 Å². The van der Waals surface area contributed by atoms with Crippen LogP contribution < -0.4 is 15.4 Å². The van der Waals surface area contributed by atoms with E-state index in [0.717, 1.165) is 48.5 Å². The fourth-order valence-corrected chi connectivity index (χ4v) is 3.72. The Labute approximate surface area is 162 Å². The Kier molecular flexibility index (Phi) is 4.08. The molecule has 0 aromatic carbocycles. The summed E-state index contributed by atoms with van der Waals surface area (Å²) in [6, 6.07) is 5.93. The molecule has 2 N–H and O–H groups in total. The highest BCUT2D eigenvalue weighted by molar-refractivity contribution is 5.93. The Morgan fingerprint density at radius 2 is 2.18 bits per heavy atom. The van der Waals surface area contributed by atoms with Crippen LogP contribution in [0.15, 0.2) is 30.6 Å². The van der Waals surface area contributed by atoms with Crippen molar-refractivity contribution in [3.8, 4) is 17.0 Å². The van der Waals surface area contributed by atoms with Gasteiger partial charge in [-0.05, 0) is 25.0 Å². The van der Waals surface area contributed by atoms with Crippen LogP contribution in [-0.4, -0.2) is 44.5 Å². The van der Waals surface area contributed by atoms with Gasteiger partial charge >= 0.3 is 0 Å². The van der Waals surface area contributed by atoms with Crippen LogP contribution in [0.3, 0.4) is 0 Å². The number of hydrogen-bond donors (Lipinski definition) is 2. The van der Waals surface area contributed by atoms with E-state index in [2.05, 4.69) is 27.8 Å². The zero-order chi connectivity index (χ0) is 19.3. The zero-order valence-electron chi connectivity index (χ0n) is 16.1. The summed E-state index contributed by atoms with van der Waals surface area (Å²) in [4.78, 5) is 12.0. The van der Waals surface area contributed by atoms with Gasteiger partial charge < -0.3 is 15.4 Å². The molecule has 3 aromatic heterocycles. The standard InChI is InChI=1S/C20H24N6O2/c1-12-9-21-10-16(12)28-17-11-22-25(2)19(17)14-5-6-26-15(7-14)8-18(24-26)23-20(27)13-3-4-13/h5-8,11-13,16,21H,3-4,9-10H2,1-2H3,(H,23,24,27)/t12-,16+/m1/s1. The number of amides is 1. The highest BCUT2D eigenvalue weighted by Crippen LogP contribution is 2.33. The summed E-state index contributed by atoms with van der Waals surface area (Å²) < 4.78 is 9.88. The fraction of sp³-hybridized carbons (Fsp3) is 0.450. The number of carbonyl (C=O) groups excluding carboxylic acids is 1. The molecule has 8 nitrogen and oxygen atoms in total. The van der Waals surface area contributed by atoms with Crippen molar-refractivity contribution in [3.63, 3.8) is 0 Å². The molecule has 0 spiro atoms. The number of rotatable bonds is 5. The first-order valence-corrected chi connectivity index (χ1v) is 9.78. The smallest absolute Gasteiger partial charge is 0.228 e. The molecule has 0 bridgehead atoms. The first-order valence-electron chi connectivity index (χ1n) is 9.78. The molecule has 28 heavy (non-hydrogen) atoms. The molecular weight excluding hydrogens is 356 g/mol. The number of pyridine rings is 1. The maximum atomic E-state index is 12.0. The molecule has 0 unspecified atom stereocenters. The first-order chi connectivity index (χ1) is 13.6. The Bertz CT molecular complexity index is 1030. The van der Waals surface area contributed by atoms with Crippen LogP contribution in [0.2, 0.25) is 0 Å². The van der Waals surface area contributed by atoms with Crippen LogP contribution in [0.1, 0.15) is 19.8 Å². The van der Waals surface area contributed by atoms with Gasteiger partial charge in [-0.25, -0.2) is 4.52 Å². The minimum Gasteiger partial charge on any atom is -0.485 e. The van der Waals surface area contributed by atoms with Crippen molar-refractivity contribution in [3.05, 3.63) is 30.6 Å². The summed E-state index contributed by atoms with van der Waals surface area (Å²) in [6.07, 6.45) is 5.77. The lowest BCUT2D eigenvalue weighted by atomic mass is 10.1. The quantitative estimate of drug-likeness (QED) is 0.708. The lowest BCUT2D eigenvalue weighted by Gasteiger charge is -2.17. The van der Waals surface area contributed by atoms with E-state index in [0.29, 0.717) is 11.7 Å². The maximum Gasteiger partial charge on any atom is 0.228 e. The van der Waals surface area contributed by atoms with E-state index >= 15 is 0 Å². The lowest BCUT2D eigenvalue weighted by molar-refractivity contribution is -0.117. The third-order valence-electron chi connectivity index (χ3n) is 5.57. The van der Waals surface area contributed by atoms with Gasteiger partial charge in [0, 0.05) is 49.8 Å². The first kappa shape index (κ1) is 17.2. The van der Waals surface area contributed by atoms with Crippen LogP contribution in [0.5, 0.6) is 5.75 Å². The van der Waals surface area contributed by atoms with E-state index in [9.17, 15) is 4.79 Å². The number of carbonyl (C=O) groups is 1. The van der Waals surface area contributed by atoms with Gasteiger partial charge in [0.25, 0.3) is 0 Å². The van der Waals surface area contributed by atoms with Crippen LogP contribution in [0, 0.1) is 11.8 Å². The van der Waals surface area contributed by atoms with E-state index < -0.39 is 0 Å². The third kappa shape index (κ3) is 3.13. The average molecular weight is 380 g/mol. The van der Waals surface area contributed by atoms with Crippen molar-refractivity contribution < 1.29 is 9.53 Å². The second-order valence-corrected chi connectivity index (χ2v) is 7.85. The molecule has 4 heterocycles. The summed E-state index contributed by atoms with van der Waals surface area (Å²) >= 11 is 0. The monoisotopic (exact) mass is 380 g/mol. The average Bonchev–Trinajstić information content (AvgIpc) is 3.20. The summed E-state index contributed by atoms with van der Waals surface area (Å²) in [5, 5.41) is 15.1. The van der Waals surface area contributed by atoms with Gasteiger partial charge in [0.15, 0.2) is 11.6 Å². The minimum absolute atomic E-state index is 0.0604. The van der Waals surface area contributed by atoms with Gasteiger partial charge in [0.1, 0.15) is 11.8 Å². The molecule has 3 aromatic rings. The zero-order valence-corrected chi connectivity index (χ0v) is 16.1. The van der Waals surface area contributed by atoms with Crippen molar-refractivity contribution in [2.45, 2.75) is 25.9 Å². The van der Waals surface area contributed by atoms with Crippen LogP contribution in [0.4, 0.5) is 5.82 Å². The Balaban J connectivity index is 1.44. The molecule has 8 heteroatoms. The van der Waals surface area contributed by atoms with E-state index in [1.807, 2.05) is 36.1 Å². The molecule has 2 atom stereocenters. The lowest BCUT2D eigenvalue weighted by Crippen LogP contribution is -2.24. The number of anilines is 1. The topological polar surface area (TPSA) is 85.5 Å². The molecular formula is C20H24N6O2. The van der Waals surface area contributed by atoms with Gasteiger partial charge in [-0.2, -0.15) is 10.2 Å². The maximum absolute atomic E-state index is 12.0. The number of fused-ring (bicyclic) bond motifs is 1. The number of aryl methyl sites for hydroxylation is 1. The van der Waals surface area contributed by atoms with Gasteiger partial charge in [0.2, 0.25) is 5.91 Å². The highest BCUT2D eigenvalue weighted by atomic mass is 16.5. The Morgan fingerprint density at radius 3 is 2.93 bits per heavy atom. The predicted molar refractivity (Wildman–Crippen MR) is 105 cm³/mol. The second-order valence-electron chi connectivity index (χ2n) is 7.85. The van der Waals surface area contributed by atoms with E-state index in [4.69, 9.17) is 4.74 Å². The SMILES string of the molecule is C[C@@H]1CNC[C@@H]1Oc1cnn(C)c1-c1ccn2nc(NC(=O)C3CC3)cc2c1. The molecule has 1 amide bonds. The van der Waals surface area contributed by atoms with E-state index in [-0.39, 0.29) is 17.9 Å². The summed E-state index contributed by atoms with van der Waals surface area (Å²) in [7, 11) is 1.92. The molecule has 5 rings (SSSR count). The number of hydrogen-bond acceptors (Lipinski definition) is 5. The molecule has 1 saturated carbocycles. The van der Waals surface area contributed by atoms with Gasteiger partial charge in [-0.15, -0.1) is 0 Å². The Hall–Kier alpha value is -2.87. The van der Waals surface area contributed by atoms with Crippen LogP contribution in [-0.2, 0) is 11.8 Å². The molecule has 1 aliphatic carbocycles. The third-order valence-corrected chi connectivity index (χ3v) is 5.57. The number of nitrogens with zero attached hydrogens (tertiary/aromatic N) is 4. The number of ether oxygens (including phenoxy) is 1. The van der Waals surface area contributed by atoms with Crippen molar-refractivity contribution in [2.75, 3.05) is 18.4 Å². The summed E-state index contributed by atoms with van der Waals surface area (Å²) in [5.41, 5.74) is 2.85. The molecule has 1 aliphatic heterocycles. The van der Waals surface area contributed by atoms with Crippen molar-refractivity contribution in [1.82, 2.24) is 24.7 Å². The molecule has 146 valence electrons. The number of aromatic nitrogens is 4. The van der Waals surface area contributed by atoms with E-state index in [1.165, 1.54) is 0 Å².